The molecule has 1 heterocycles. The lowest BCUT2D eigenvalue weighted by atomic mass is 10.0. The third kappa shape index (κ3) is 4.14. The molecule has 0 aromatic heterocycles. The van der Waals surface area contributed by atoms with Gasteiger partial charge >= 0.3 is 0 Å². The van der Waals surface area contributed by atoms with Gasteiger partial charge in [-0.15, -0.1) is 0 Å². The van der Waals surface area contributed by atoms with E-state index in [0.717, 1.165) is 31.9 Å². The van der Waals surface area contributed by atoms with Crippen molar-refractivity contribution < 1.29 is 4.74 Å². The largest absolute Gasteiger partial charge is 0.381 e. The number of hydrogen-bond donors (Lipinski definition) is 1. The quantitative estimate of drug-likeness (QED) is 0.907. The maximum atomic E-state index is 5.96. The minimum absolute atomic E-state index is 0.607. The molecule has 0 amide bonds. The second-order valence-corrected chi connectivity index (χ2v) is 5.28. The molecule has 1 saturated heterocycles. The predicted octanol–water partition coefficient (Wildman–Crippen LogP) is 3.51. The molecule has 94 valence electrons. The topological polar surface area (TPSA) is 21.3 Å². The summed E-state index contributed by atoms with van der Waals surface area (Å²) in [7, 11) is 0. The first-order valence-corrected chi connectivity index (χ1v) is 6.73. The van der Waals surface area contributed by atoms with Crippen molar-refractivity contribution in [1.29, 1.82) is 0 Å². The molecule has 2 nitrogen and oxygen atoms in total. The minimum Gasteiger partial charge on any atom is -0.381 e. The molecule has 1 N–H and O–H groups in total. The van der Waals surface area contributed by atoms with E-state index in [1.807, 2.05) is 18.2 Å². The van der Waals surface area contributed by atoms with Crippen molar-refractivity contribution in [3.05, 3.63) is 33.8 Å². The van der Waals surface area contributed by atoms with Crippen LogP contribution in [-0.4, -0.2) is 19.8 Å². The van der Waals surface area contributed by atoms with Crippen LogP contribution in [-0.2, 0) is 11.3 Å². The normalized spacial score (nSPS) is 20.5. The van der Waals surface area contributed by atoms with Gasteiger partial charge in [-0.2, -0.15) is 0 Å². The molecule has 17 heavy (non-hydrogen) atoms. The summed E-state index contributed by atoms with van der Waals surface area (Å²) in [6.07, 6.45) is 2.44. The van der Waals surface area contributed by atoms with Crippen LogP contribution in [0.3, 0.4) is 0 Å². The van der Waals surface area contributed by atoms with Gasteiger partial charge in [0, 0.05) is 19.7 Å². The van der Waals surface area contributed by atoms with Gasteiger partial charge in [0.25, 0.3) is 0 Å². The zero-order chi connectivity index (χ0) is 12.1. The fourth-order valence-electron chi connectivity index (χ4n) is 2.04. The summed E-state index contributed by atoms with van der Waals surface area (Å²) in [6, 6.07) is 5.75. The molecule has 0 saturated carbocycles. The van der Waals surface area contributed by atoms with Crippen LogP contribution in [0.25, 0.3) is 0 Å². The number of halogens is 2. The average molecular weight is 274 g/mol. The van der Waals surface area contributed by atoms with E-state index in [-0.39, 0.29) is 0 Å². The number of rotatable bonds is 4. The number of hydrogen-bond acceptors (Lipinski definition) is 2. The Morgan fingerprint density at radius 2 is 2.18 bits per heavy atom. The van der Waals surface area contributed by atoms with Crippen LogP contribution < -0.4 is 5.32 Å². The van der Waals surface area contributed by atoms with E-state index in [4.69, 9.17) is 27.9 Å². The molecule has 4 heteroatoms. The molecule has 2 rings (SSSR count). The van der Waals surface area contributed by atoms with E-state index < -0.39 is 0 Å². The Kier molecular flexibility index (Phi) is 5.11. The predicted molar refractivity (Wildman–Crippen MR) is 71.7 cm³/mol. The zero-order valence-electron chi connectivity index (χ0n) is 9.72. The number of nitrogens with one attached hydrogen (secondary N) is 1. The number of ether oxygens (including phenoxy) is 1. The second kappa shape index (κ2) is 6.60. The van der Waals surface area contributed by atoms with E-state index in [1.165, 1.54) is 12.8 Å². The standard InChI is InChI=1S/C13H17Cl2NO/c14-12-4-3-10(6-13(12)15)7-16-8-11-2-1-5-17-9-11/h3-4,6,11,16H,1-2,5,7-9H2. The van der Waals surface area contributed by atoms with Gasteiger partial charge in [-0.25, -0.2) is 0 Å². The molecule has 1 aliphatic heterocycles. The van der Waals surface area contributed by atoms with E-state index in [2.05, 4.69) is 5.32 Å². The van der Waals surface area contributed by atoms with Crippen LogP contribution in [0.1, 0.15) is 18.4 Å². The first-order chi connectivity index (χ1) is 8.25. The van der Waals surface area contributed by atoms with Crippen molar-refractivity contribution in [2.24, 2.45) is 5.92 Å². The lowest BCUT2D eigenvalue weighted by Crippen LogP contribution is -2.28. The Labute approximate surface area is 112 Å². The molecule has 1 atom stereocenters. The third-order valence-corrected chi connectivity index (χ3v) is 3.74. The summed E-state index contributed by atoms with van der Waals surface area (Å²) >= 11 is 11.8. The van der Waals surface area contributed by atoms with E-state index in [1.54, 1.807) is 0 Å². The van der Waals surface area contributed by atoms with Crippen LogP contribution in [0.4, 0.5) is 0 Å². The molecule has 1 aromatic rings. The lowest BCUT2D eigenvalue weighted by molar-refractivity contribution is 0.0547. The zero-order valence-corrected chi connectivity index (χ0v) is 11.2. The highest BCUT2D eigenvalue weighted by Gasteiger charge is 2.12. The molecular formula is C13H17Cl2NO. The van der Waals surface area contributed by atoms with Crippen LogP contribution in [0.2, 0.25) is 10.0 Å². The molecule has 0 radical (unpaired) electrons. The maximum Gasteiger partial charge on any atom is 0.0595 e. The van der Waals surface area contributed by atoms with Crippen molar-refractivity contribution in [3.63, 3.8) is 0 Å². The molecule has 0 bridgehead atoms. The van der Waals surface area contributed by atoms with Crippen molar-refractivity contribution in [2.75, 3.05) is 19.8 Å². The van der Waals surface area contributed by atoms with Crippen LogP contribution in [0.5, 0.6) is 0 Å². The monoisotopic (exact) mass is 273 g/mol. The van der Waals surface area contributed by atoms with Gasteiger partial charge in [-0.1, -0.05) is 29.3 Å². The second-order valence-electron chi connectivity index (χ2n) is 4.46. The highest BCUT2D eigenvalue weighted by Crippen LogP contribution is 2.22. The Bertz CT molecular complexity index is 364. The van der Waals surface area contributed by atoms with Crippen LogP contribution >= 0.6 is 23.2 Å². The van der Waals surface area contributed by atoms with Gasteiger partial charge in [-0.05, 0) is 36.5 Å². The SMILES string of the molecule is Clc1ccc(CNCC2CCCOC2)cc1Cl. The molecule has 1 unspecified atom stereocenters. The fourth-order valence-corrected chi connectivity index (χ4v) is 2.36. The first-order valence-electron chi connectivity index (χ1n) is 5.98. The summed E-state index contributed by atoms with van der Waals surface area (Å²) in [5.74, 6) is 0.645. The molecular weight excluding hydrogens is 257 g/mol. The van der Waals surface area contributed by atoms with Crippen LogP contribution in [0, 0.1) is 5.92 Å². The average Bonchev–Trinajstić information content (AvgIpc) is 2.35. The minimum atomic E-state index is 0.607. The lowest BCUT2D eigenvalue weighted by Gasteiger charge is -2.22. The molecule has 0 spiro atoms. The summed E-state index contributed by atoms with van der Waals surface area (Å²) in [5.41, 5.74) is 1.16. The highest BCUT2D eigenvalue weighted by atomic mass is 35.5. The molecule has 0 aliphatic carbocycles. The van der Waals surface area contributed by atoms with Crippen molar-refractivity contribution in [1.82, 2.24) is 5.32 Å². The highest BCUT2D eigenvalue weighted by molar-refractivity contribution is 6.42. The van der Waals surface area contributed by atoms with Crippen molar-refractivity contribution >= 4 is 23.2 Å². The first kappa shape index (κ1) is 13.2. The van der Waals surface area contributed by atoms with Crippen molar-refractivity contribution in [2.45, 2.75) is 19.4 Å². The molecule has 1 aliphatic rings. The summed E-state index contributed by atoms with van der Waals surface area (Å²) < 4.78 is 5.44. The van der Waals surface area contributed by atoms with Crippen molar-refractivity contribution in [3.8, 4) is 0 Å². The van der Waals surface area contributed by atoms with E-state index in [0.29, 0.717) is 16.0 Å². The van der Waals surface area contributed by atoms with Gasteiger partial charge in [-0.3, -0.25) is 0 Å². The third-order valence-electron chi connectivity index (χ3n) is 3.00. The van der Waals surface area contributed by atoms with E-state index >= 15 is 0 Å². The summed E-state index contributed by atoms with van der Waals surface area (Å²) in [4.78, 5) is 0. The van der Waals surface area contributed by atoms with Gasteiger partial charge in [0.05, 0.1) is 16.7 Å². The van der Waals surface area contributed by atoms with E-state index in [9.17, 15) is 0 Å². The van der Waals surface area contributed by atoms with Gasteiger partial charge in [0.1, 0.15) is 0 Å². The fraction of sp³-hybridized carbons (Fsp3) is 0.538. The Balaban J connectivity index is 1.75. The van der Waals surface area contributed by atoms with Gasteiger partial charge in [0.15, 0.2) is 0 Å². The Hall–Kier alpha value is -0.280. The Morgan fingerprint density at radius 3 is 2.88 bits per heavy atom. The maximum absolute atomic E-state index is 5.96. The number of benzene rings is 1. The summed E-state index contributed by atoms with van der Waals surface area (Å²) in [5, 5.41) is 4.66. The van der Waals surface area contributed by atoms with Gasteiger partial charge < -0.3 is 10.1 Å². The summed E-state index contributed by atoms with van der Waals surface area (Å²) in [6.45, 7) is 3.63. The molecule has 1 fully saturated rings. The van der Waals surface area contributed by atoms with Gasteiger partial charge in [0.2, 0.25) is 0 Å². The smallest absolute Gasteiger partial charge is 0.0595 e. The Morgan fingerprint density at radius 1 is 1.29 bits per heavy atom. The molecule has 1 aromatic carbocycles. The van der Waals surface area contributed by atoms with Crippen LogP contribution in [0.15, 0.2) is 18.2 Å².